The Morgan fingerprint density at radius 2 is 1.83 bits per heavy atom. The second-order valence-corrected chi connectivity index (χ2v) is 9.79. The number of aromatic amines is 1. The summed E-state index contributed by atoms with van der Waals surface area (Å²) in [7, 11) is 0. The number of benzene rings is 2. The number of ether oxygens (including phenoxy) is 1. The zero-order valence-corrected chi connectivity index (χ0v) is 20.0. The van der Waals surface area contributed by atoms with Gasteiger partial charge >= 0.3 is 0 Å². The fourth-order valence-corrected chi connectivity index (χ4v) is 5.58. The number of aromatic nitrogens is 1. The molecule has 0 spiro atoms. The molecule has 4 nitrogen and oxygen atoms in total. The van der Waals surface area contributed by atoms with E-state index in [0.29, 0.717) is 31.2 Å². The molecule has 3 aromatic rings. The number of hydrogen-bond donors (Lipinski definition) is 1. The van der Waals surface area contributed by atoms with Gasteiger partial charge in [-0.05, 0) is 30.9 Å². The quantitative estimate of drug-likeness (QED) is 0.408. The van der Waals surface area contributed by atoms with Crippen LogP contribution >= 0.6 is 0 Å². The lowest BCUT2D eigenvalue weighted by atomic mass is 9.88. The molecule has 1 aromatic heterocycles. The molecule has 188 valence electrons. The highest BCUT2D eigenvalue weighted by molar-refractivity contribution is 5.85. The number of hydrogen-bond acceptors (Lipinski definition) is 3. The average Bonchev–Trinajstić information content (AvgIpc) is 3.14. The number of para-hydroxylation sites is 1. The van der Waals surface area contributed by atoms with Crippen molar-refractivity contribution in [2.75, 3.05) is 32.8 Å². The van der Waals surface area contributed by atoms with Crippen LogP contribution in [0.2, 0.25) is 0 Å². The molecule has 0 bridgehead atoms. The van der Waals surface area contributed by atoms with Crippen LogP contribution in [-0.4, -0.2) is 60.0 Å². The number of likely N-dealkylation sites (tertiary alicyclic amines) is 1. The third kappa shape index (κ3) is 4.66. The van der Waals surface area contributed by atoms with Crippen LogP contribution in [0, 0.1) is 17.6 Å². The van der Waals surface area contributed by atoms with Crippen molar-refractivity contribution in [3.8, 4) is 5.75 Å². The third-order valence-electron chi connectivity index (χ3n) is 7.48. The Morgan fingerprint density at radius 3 is 2.51 bits per heavy atom. The summed E-state index contributed by atoms with van der Waals surface area (Å²) in [6, 6.07) is 8.64. The first kappa shape index (κ1) is 24.1. The molecule has 2 atom stereocenters. The lowest BCUT2D eigenvalue weighted by molar-refractivity contribution is 0.0437. The van der Waals surface area contributed by atoms with Crippen molar-refractivity contribution >= 4 is 10.9 Å². The van der Waals surface area contributed by atoms with Gasteiger partial charge in [-0.1, -0.05) is 31.5 Å². The number of fused-ring (bicyclic) bond motifs is 3. The van der Waals surface area contributed by atoms with Gasteiger partial charge in [0.2, 0.25) is 0 Å². The minimum atomic E-state index is -2.63. The van der Waals surface area contributed by atoms with E-state index in [4.69, 9.17) is 4.74 Å². The second kappa shape index (κ2) is 9.82. The van der Waals surface area contributed by atoms with Crippen LogP contribution in [0.25, 0.3) is 10.9 Å². The highest BCUT2D eigenvalue weighted by Gasteiger charge is 2.39. The monoisotopic (exact) mass is 489 g/mol. The summed E-state index contributed by atoms with van der Waals surface area (Å²) in [5.41, 5.74) is 2.08. The molecule has 0 unspecified atom stereocenters. The van der Waals surface area contributed by atoms with Crippen molar-refractivity contribution in [1.29, 1.82) is 0 Å². The largest absolute Gasteiger partial charge is 0.492 e. The van der Waals surface area contributed by atoms with Crippen LogP contribution in [0.4, 0.5) is 17.6 Å². The van der Waals surface area contributed by atoms with Crippen molar-refractivity contribution in [1.82, 2.24) is 14.8 Å². The Bertz CT molecular complexity index is 1170. The molecule has 3 heterocycles. The summed E-state index contributed by atoms with van der Waals surface area (Å²) in [5, 5.41) is 0.952. The number of alkyl halides is 2. The van der Waals surface area contributed by atoms with E-state index in [-0.39, 0.29) is 17.4 Å². The molecule has 0 amide bonds. The molecule has 2 aliphatic heterocycles. The van der Waals surface area contributed by atoms with E-state index in [0.717, 1.165) is 36.0 Å². The molecule has 0 saturated carbocycles. The fraction of sp³-hybridized carbons (Fsp3) is 0.481. The summed E-state index contributed by atoms with van der Waals surface area (Å²) < 4.78 is 63.7. The predicted molar refractivity (Wildman–Crippen MR) is 128 cm³/mol. The number of rotatable bonds is 8. The fourth-order valence-electron chi connectivity index (χ4n) is 5.58. The van der Waals surface area contributed by atoms with E-state index >= 15 is 8.78 Å². The smallest absolute Gasteiger partial charge is 0.251 e. The summed E-state index contributed by atoms with van der Waals surface area (Å²) in [6.07, 6.45) is -0.966. The first-order valence-corrected chi connectivity index (χ1v) is 12.3. The Hall–Kier alpha value is -2.58. The summed E-state index contributed by atoms with van der Waals surface area (Å²) >= 11 is 0. The van der Waals surface area contributed by atoms with Gasteiger partial charge < -0.3 is 9.72 Å². The van der Waals surface area contributed by atoms with Crippen molar-refractivity contribution in [3.05, 3.63) is 64.9 Å². The van der Waals surface area contributed by atoms with E-state index < -0.39 is 30.6 Å². The van der Waals surface area contributed by atoms with E-state index in [1.54, 1.807) is 0 Å². The maximum Gasteiger partial charge on any atom is 0.251 e. The van der Waals surface area contributed by atoms with Gasteiger partial charge in [0.15, 0.2) is 0 Å². The topological polar surface area (TPSA) is 31.5 Å². The van der Waals surface area contributed by atoms with Crippen LogP contribution in [0.5, 0.6) is 5.75 Å². The number of H-pyrrole nitrogens is 1. The van der Waals surface area contributed by atoms with Gasteiger partial charge in [-0.2, -0.15) is 0 Å². The second-order valence-electron chi connectivity index (χ2n) is 9.79. The van der Waals surface area contributed by atoms with Gasteiger partial charge in [0.05, 0.1) is 12.6 Å². The standard InChI is InChI=1S/C27H31F4N3O/c1-3-17-13-33(14-17)8-9-35-18-11-21(28)25(22(29)12-18)27-26-20(10-16(2)34(27)15-24(30)31)19-6-4-5-7-23(19)32-26/h4-7,11-12,16-17,24,27,32H,3,8-10,13-15H2,1-2H3/t16-,27+/m1/s1. The van der Waals surface area contributed by atoms with Gasteiger partial charge in [-0.15, -0.1) is 0 Å². The van der Waals surface area contributed by atoms with Gasteiger partial charge in [0.1, 0.15) is 24.0 Å². The normalized spacial score (nSPS) is 21.5. The zero-order chi connectivity index (χ0) is 24.7. The van der Waals surface area contributed by atoms with Crippen LogP contribution in [-0.2, 0) is 6.42 Å². The van der Waals surface area contributed by atoms with E-state index in [1.165, 1.54) is 17.0 Å². The molecule has 0 aliphatic carbocycles. The lowest BCUT2D eigenvalue weighted by Gasteiger charge is -2.41. The molecule has 0 radical (unpaired) electrons. The Kier molecular flexibility index (Phi) is 6.77. The van der Waals surface area contributed by atoms with Crippen LogP contribution in [0.1, 0.15) is 43.1 Å². The minimum Gasteiger partial charge on any atom is -0.492 e. The molecule has 1 saturated heterocycles. The Balaban J connectivity index is 1.45. The molecule has 2 aromatic carbocycles. The summed E-state index contributed by atoms with van der Waals surface area (Å²) in [4.78, 5) is 7.02. The Labute approximate surface area is 202 Å². The summed E-state index contributed by atoms with van der Waals surface area (Å²) in [5.74, 6) is -0.763. The number of halogens is 4. The molecule has 5 rings (SSSR count). The average molecular weight is 490 g/mol. The van der Waals surface area contributed by atoms with Crippen molar-refractivity contribution < 1.29 is 22.3 Å². The molecular formula is C27H31F4N3O. The van der Waals surface area contributed by atoms with E-state index in [2.05, 4.69) is 16.8 Å². The van der Waals surface area contributed by atoms with Crippen molar-refractivity contribution in [3.63, 3.8) is 0 Å². The van der Waals surface area contributed by atoms with Gasteiger partial charge in [0, 0.05) is 60.0 Å². The maximum absolute atomic E-state index is 15.5. The first-order chi connectivity index (χ1) is 16.9. The number of nitrogens with zero attached hydrogens (tertiary/aromatic N) is 2. The summed E-state index contributed by atoms with van der Waals surface area (Å²) in [6.45, 7) is 6.49. The van der Waals surface area contributed by atoms with Crippen LogP contribution in [0.15, 0.2) is 36.4 Å². The van der Waals surface area contributed by atoms with Crippen LogP contribution in [0.3, 0.4) is 0 Å². The first-order valence-electron chi connectivity index (χ1n) is 12.3. The van der Waals surface area contributed by atoms with E-state index in [9.17, 15) is 8.78 Å². The van der Waals surface area contributed by atoms with Gasteiger partial charge in [0.25, 0.3) is 6.43 Å². The molecule has 35 heavy (non-hydrogen) atoms. The van der Waals surface area contributed by atoms with Crippen LogP contribution < -0.4 is 4.74 Å². The minimum absolute atomic E-state index is 0.109. The van der Waals surface area contributed by atoms with Crippen molar-refractivity contribution in [2.24, 2.45) is 5.92 Å². The number of nitrogens with one attached hydrogen (secondary N) is 1. The van der Waals surface area contributed by atoms with E-state index in [1.807, 2.05) is 31.2 Å². The molecule has 8 heteroatoms. The van der Waals surface area contributed by atoms with Crippen molar-refractivity contribution in [2.45, 2.75) is 45.2 Å². The highest BCUT2D eigenvalue weighted by atomic mass is 19.3. The zero-order valence-electron chi connectivity index (χ0n) is 20.0. The molecule has 2 aliphatic rings. The lowest BCUT2D eigenvalue weighted by Crippen LogP contribution is -2.47. The molecular weight excluding hydrogens is 458 g/mol. The van der Waals surface area contributed by atoms with Gasteiger partial charge in [-0.3, -0.25) is 9.80 Å². The maximum atomic E-state index is 15.5. The Morgan fingerprint density at radius 1 is 1.11 bits per heavy atom. The SMILES string of the molecule is CCC1CN(CCOc2cc(F)c([C@H]3c4[nH]c5ccccc5c4C[C@@H](C)N3CC(F)F)c(F)c2)C1. The predicted octanol–water partition coefficient (Wildman–Crippen LogP) is 5.77. The molecule has 1 N–H and O–H groups in total. The highest BCUT2D eigenvalue weighted by Crippen LogP contribution is 2.43. The third-order valence-corrected chi connectivity index (χ3v) is 7.48. The van der Waals surface area contributed by atoms with Gasteiger partial charge in [-0.25, -0.2) is 17.6 Å². The molecule has 1 fully saturated rings.